The van der Waals surface area contributed by atoms with Crippen molar-refractivity contribution in [2.24, 2.45) is 7.05 Å². The molecule has 0 saturated carbocycles. The SMILES string of the molecule is CC1=C(C)C2(C)CCC1(C)c1cn(C)cc12. The molecule has 0 N–H and O–H groups in total. The van der Waals surface area contributed by atoms with E-state index in [0.29, 0.717) is 10.8 Å². The highest BCUT2D eigenvalue weighted by atomic mass is 14.9. The number of aryl methyl sites for hydroxylation is 1. The summed E-state index contributed by atoms with van der Waals surface area (Å²) in [5.74, 6) is 0. The van der Waals surface area contributed by atoms with Gasteiger partial charge in [0.05, 0.1) is 0 Å². The Bertz CT molecular complexity index is 462. The summed E-state index contributed by atoms with van der Waals surface area (Å²) in [5.41, 5.74) is 6.98. The van der Waals surface area contributed by atoms with Crippen LogP contribution in [0, 0.1) is 0 Å². The highest BCUT2D eigenvalue weighted by molar-refractivity contribution is 5.56. The molecule has 4 rings (SSSR count). The van der Waals surface area contributed by atoms with E-state index in [1.807, 2.05) is 0 Å². The van der Waals surface area contributed by atoms with Gasteiger partial charge in [-0.3, -0.25) is 0 Å². The molecule has 1 aromatic rings. The number of hydrogen-bond donors (Lipinski definition) is 0. The van der Waals surface area contributed by atoms with Crippen LogP contribution in [0.1, 0.15) is 51.7 Å². The van der Waals surface area contributed by atoms with Crippen molar-refractivity contribution >= 4 is 0 Å². The van der Waals surface area contributed by atoms with Crippen molar-refractivity contribution in [1.29, 1.82) is 0 Å². The molecule has 0 fully saturated rings. The maximum absolute atomic E-state index is 2.42. The highest BCUT2D eigenvalue weighted by Gasteiger charge is 2.50. The lowest BCUT2D eigenvalue weighted by Crippen LogP contribution is -2.44. The van der Waals surface area contributed by atoms with Crippen molar-refractivity contribution in [2.75, 3.05) is 0 Å². The van der Waals surface area contributed by atoms with E-state index in [9.17, 15) is 0 Å². The number of rotatable bonds is 0. The first-order chi connectivity index (χ1) is 7.39. The lowest BCUT2D eigenvalue weighted by molar-refractivity contribution is 0.319. The van der Waals surface area contributed by atoms with Crippen molar-refractivity contribution < 1.29 is 0 Å². The van der Waals surface area contributed by atoms with E-state index in [2.05, 4.69) is 51.7 Å². The molecule has 0 aromatic carbocycles. The molecule has 2 bridgehead atoms. The number of fused-ring (bicyclic) bond motifs is 1. The summed E-state index contributed by atoms with van der Waals surface area (Å²) < 4.78 is 2.23. The van der Waals surface area contributed by atoms with Gasteiger partial charge in [-0.1, -0.05) is 25.0 Å². The third-order valence-electron chi connectivity index (χ3n) is 5.49. The van der Waals surface area contributed by atoms with Crippen LogP contribution in [-0.2, 0) is 17.9 Å². The van der Waals surface area contributed by atoms with E-state index >= 15 is 0 Å². The Morgan fingerprint density at radius 1 is 0.938 bits per heavy atom. The molecular formula is C15H21N. The van der Waals surface area contributed by atoms with Gasteiger partial charge >= 0.3 is 0 Å². The molecule has 0 aliphatic heterocycles. The zero-order valence-corrected chi connectivity index (χ0v) is 11.0. The van der Waals surface area contributed by atoms with Crippen LogP contribution < -0.4 is 0 Å². The molecule has 1 aromatic heterocycles. The molecule has 1 nitrogen and oxygen atoms in total. The summed E-state index contributed by atoms with van der Waals surface area (Å²) in [6.07, 6.45) is 7.29. The minimum absolute atomic E-state index is 0.304. The first kappa shape index (κ1) is 10.2. The Morgan fingerprint density at radius 2 is 1.31 bits per heavy atom. The predicted octanol–water partition coefficient (Wildman–Crippen LogP) is 3.68. The Kier molecular flexibility index (Phi) is 1.68. The van der Waals surface area contributed by atoms with Gasteiger partial charge in [0, 0.05) is 30.3 Å². The van der Waals surface area contributed by atoms with E-state index in [4.69, 9.17) is 0 Å². The molecule has 3 aliphatic carbocycles. The van der Waals surface area contributed by atoms with E-state index < -0.39 is 0 Å². The summed E-state index contributed by atoms with van der Waals surface area (Å²) in [6, 6.07) is 0. The summed E-state index contributed by atoms with van der Waals surface area (Å²) in [4.78, 5) is 0. The zero-order valence-electron chi connectivity index (χ0n) is 11.0. The number of nitrogens with zero attached hydrogens (tertiary/aromatic N) is 1. The lowest BCUT2D eigenvalue weighted by atomic mass is 9.52. The fraction of sp³-hybridized carbons (Fsp3) is 0.600. The second kappa shape index (κ2) is 2.64. The molecule has 86 valence electrons. The smallest absolute Gasteiger partial charge is 0.0152 e. The summed E-state index contributed by atoms with van der Waals surface area (Å²) in [6.45, 7) is 9.51. The zero-order chi connectivity index (χ0) is 11.7. The maximum Gasteiger partial charge on any atom is 0.0152 e. The molecule has 16 heavy (non-hydrogen) atoms. The molecule has 0 spiro atoms. The molecule has 0 radical (unpaired) electrons. The predicted molar refractivity (Wildman–Crippen MR) is 67.7 cm³/mol. The van der Waals surface area contributed by atoms with Gasteiger partial charge < -0.3 is 4.57 Å². The van der Waals surface area contributed by atoms with Crippen LogP contribution in [0.4, 0.5) is 0 Å². The highest BCUT2D eigenvalue weighted by Crippen LogP contribution is 2.58. The maximum atomic E-state index is 2.42. The second-order valence-electron chi connectivity index (χ2n) is 6.17. The minimum atomic E-state index is 0.304. The molecule has 2 unspecified atom stereocenters. The second-order valence-corrected chi connectivity index (χ2v) is 6.17. The minimum Gasteiger partial charge on any atom is -0.357 e. The van der Waals surface area contributed by atoms with Gasteiger partial charge in [-0.25, -0.2) is 0 Å². The Hall–Kier alpha value is -0.980. The Labute approximate surface area is 98.2 Å². The largest absolute Gasteiger partial charge is 0.357 e. The van der Waals surface area contributed by atoms with E-state index in [-0.39, 0.29) is 0 Å². The monoisotopic (exact) mass is 215 g/mol. The average molecular weight is 215 g/mol. The van der Waals surface area contributed by atoms with E-state index in [1.165, 1.54) is 12.8 Å². The number of aromatic nitrogens is 1. The van der Waals surface area contributed by atoms with Crippen molar-refractivity contribution in [2.45, 2.75) is 51.4 Å². The topological polar surface area (TPSA) is 4.93 Å². The van der Waals surface area contributed by atoms with Gasteiger partial charge in [-0.15, -0.1) is 0 Å². The normalized spacial score (nSPS) is 36.8. The van der Waals surface area contributed by atoms with Crippen LogP contribution in [0.3, 0.4) is 0 Å². The summed E-state index contributed by atoms with van der Waals surface area (Å²) >= 11 is 0. The van der Waals surface area contributed by atoms with Crippen molar-refractivity contribution in [3.63, 3.8) is 0 Å². The first-order valence-corrected chi connectivity index (χ1v) is 6.25. The van der Waals surface area contributed by atoms with Crippen LogP contribution >= 0.6 is 0 Å². The molecule has 2 atom stereocenters. The average Bonchev–Trinajstić information content (AvgIpc) is 2.64. The van der Waals surface area contributed by atoms with Gasteiger partial charge in [0.25, 0.3) is 0 Å². The third kappa shape index (κ3) is 0.888. The molecule has 1 heteroatoms. The number of hydrogen-bond acceptors (Lipinski definition) is 0. The van der Waals surface area contributed by atoms with Crippen LogP contribution in [0.5, 0.6) is 0 Å². The Balaban J connectivity index is 2.38. The van der Waals surface area contributed by atoms with Gasteiger partial charge in [0.1, 0.15) is 0 Å². The molecule has 3 aliphatic rings. The number of allylic oxidation sites excluding steroid dienone is 2. The van der Waals surface area contributed by atoms with E-state index in [1.54, 1.807) is 22.3 Å². The standard InChI is InChI=1S/C15H21N/c1-10-11(2)15(4)7-6-14(10,3)12-8-16(5)9-13(12)15/h8-9H,6-7H2,1-5H3. The van der Waals surface area contributed by atoms with Crippen LogP contribution in [0.25, 0.3) is 0 Å². The molecular weight excluding hydrogens is 194 g/mol. The van der Waals surface area contributed by atoms with Crippen LogP contribution in [0.2, 0.25) is 0 Å². The fourth-order valence-corrected chi connectivity index (χ4v) is 3.84. The van der Waals surface area contributed by atoms with Crippen molar-refractivity contribution in [3.05, 3.63) is 34.7 Å². The summed E-state index contributed by atoms with van der Waals surface area (Å²) in [5, 5.41) is 0. The summed E-state index contributed by atoms with van der Waals surface area (Å²) in [7, 11) is 2.15. The Morgan fingerprint density at radius 3 is 1.69 bits per heavy atom. The molecule has 0 amide bonds. The quantitative estimate of drug-likeness (QED) is 0.582. The van der Waals surface area contributed by atoms with Crippen molar-refractivity contribution in [1.82, 2.24) is 4.57 Å². The van der Waals surface area contributed by atoms with Gasteiger partial charge in [-0.2, -0.15) is 0 Å². The van der Waals surface area contributed by atoms with Crippen LogP contribution in [0.15, 0.2) is 23.5 Å². The third-order valence-corrected chi connectivity index (χ3v) is 5.49. The molecule has 1 heterocycles. The van der Waals surface area contributed by atoms with Gasteiger partial charge in [-0.05, 0) is 37.8 Å². The first-order valence-electron chi connectivity index (χ1n) is 6.25. The lowest BCUT2D eigenvalue weighted by Gasteiger charge is -2.51. The fourth-order valence-electron chi connectivity index (χ4n) is 3.84. The molecule has 0 saturated heterocycles. The van der Waals surface area contributed by atoms with Gasteiger partial charge in [0.15, 0.2) is 0 Å². The van der Waals surface area contributed by atoms with Crippen LogP contribution in [-0.4, -0.2) is 4.57 Å². The van der Waals surface area contributed by atoms with E-state index in [0.717, 1.165) is 0 Å². The van der Waals surface area contributed by atoms with Crippen molar-refractivity contribution in [3.8, 4) is 0 Å². The van der Waals surface area contributed by atoms with Gasteiger partial charge in [0.2, 0.25) is 0 Å².